The Hall–Kier alpha value is -5.58. The first-order chi connectivity index (χ1) is 31.3. The minimum Gasteiger partial charge on any atom is -0.506 e. The lowest BCUT2D eigenvalue weighted by Crippen LogP contribution is -2.67. The van der Waals surface area contributed by atoms with Gasteiger partial charge in [-0.15, -0.1) is 0 Å². The van der Waals surface area contributed by atoms with Crippen LogP contribution in [0.5, 0.6) is 5.75 Å². The molecule has 12 atom stereocenters. The van der Waals surface area contributed by atoms with Gasteiger partial charge in [0.2, 0.25) is 47.3 Å². The Balaban J connectivity index is 2.17. The predicted octanol–water partition coefficient (Wildman–Crippen LogP) is -1.48. The molecule has 2 aliphatic heterocycles. The van der Waals surface area contributed by atoms with E-state index < -0.39 is 132 Å². The van der Waals surface area contributed by atoms with Gasteiger partial charge < -0.3 is 67.3 Å². The van der Waals surface area contributed by atoms with E-state index in [1.165, 1.54) is 45.9 Å². The second kappa shape index (κ2) is 25.0. The normalized spacial score (nSPS) is 26.5. The summed E-state index contributed by atoms with van der Waals surface area (Å²) in [5.74, 6) is -9.88. The number of carbonyl (C=O) groups is 9. The lowest BCUT2D eigenvalue weighted by Gasteiger charge is -2.42. The number of piperidine rings is 1. The van der Waals surface area contributed by atoms with Gasteiger partial charge in [-0.2, -0.15) is 0 Å². The third-order valence-electron chi connectivity index (χ3n) is 11.2. The maximum atomic E-state index is 14.4. The standard InChI is InChI=1S/C44H67ClN8O14/c1-10-11-31(57)46-21(6)37(59)51-34(22(7)54)40(62)52-35-24(9)67-44(66)33(20(4)5)50-39(61)29(18-25-12-14-30(56)26(45)17-25)49-42(64)36(23(8)55)53-32(58)15-13-27(43(53)65)47-38(60)28(16-19(2)3)48-41(35)63/h12,14,17,19-24,27-29,32-36,54-56,58H,10-11,13,15-16,18H2,1-9H3,(H,46,57)(H,47,60)(H,48,63)(H,49,64)(H,50,61)(H,51,59)(H,52,62)/t21-,22+,23?,24-,27+,28-,29-,32-,33-,34-,35-,36-/m0/s1. The number of benzene rings is 1. The Kier molecular flexibility index (Phi) is 20.8. The van der Waals surface area contributed by atoms with Gasteiger partial charge in [0.1, 0.15) is 66.4 Å². The van der Waals surface area contributed by atoms with E-state index in [4.69, 9.17) is 16.3 Å². The van der Waals surface area contributed by atoms with E-state index in [0.717, 1.165) is 0 Å². The van der Waals surface area contributed by atoms with Gasteiger partial charge in [-0.3, -0.25) is 38.4 Å². The first kappa shape index (κ1) is 55.7. The third-order valence-corrected chi connectivity index (χ3v) is 11.5. The number of amides is 8. The fourth-order valence-corrected chi connectivity index (χ4v) is 7.76. The highest BCUT2D eigenvalue weighted by Gasteiger charge is 2.46. The Labute approximate surface area is 394 Å². The highest BCUT2D eigenvalue weighted by atomic mass is 35.5. The first-order valence-corrected chi connectivity index (χ1v) is 22.8. The Morgan fingerprint density at radius 1 is 0.851 bits per heavy atom. The minimum atomic E-state index is -1.86. The van der Waals surface area contributed by atoms with Gasteiger partial charge in [-0.1, -0.05) is 52.3 Å². The second-order valence-corrected chi connectivity index (χ2v) is 18.3. The lowest BCUT2D eigenvalue weighted by molar-refractivity contribution is -0.166. The van der Waals surface area contributed by atoms with Crippen LogP contribution in [0.25, 0.3) is 0 Å². The average molecular weight is 968 g/mol. The number of fused-ring (bicyclic) bond motifs is 2. The SMILES string of the molecule is CCCC(=O)N[C@@H](C)C(=O)N[C@H](C(=O)N[C@@H]1C(=O)N[C@@H](CC(C)C)C(=O)N[C@@H]2CC[C@H](O)N(C2=O)[C@@H](C(C)O)C(=O)N[C@@H](Cc2ccc(O)c(Cl)c2)C(=O)N[C@@H](C(C)C)C(=O)O[C@H]1C)[C@@H](C)O. The van der Waals surface area contributed by atoms with Crippen molar-refractivity contribution in [1.29, 1.82) is 0 Å². The topological polar surface area (TPSA) is 331 Å². The number of cyclic esters (lactones) is 1. The average Bonchev–Trinajstić information content (AvgIpc) is 3.22. The monoisotopic (exact) mass is 966 g/mol. The highest BCUT2D eigenvalue weighted by Crippen LogP contribution is 2.26. The molecule has 374 valence electrons. The molecule has 0 spiro atoms. The molecule has 2 saturated heterocycles. The van der Waals surface area contributed by atoms with Crippen LogP contribution in [0, 0.1) is 11.8 Å². The van der Waals surface area contributed by atoms with Crippen LogP contribution in [0.2, 0.25) is 5.02 Å². The zero-order chi connectivity index (χ0) is 50.6. The van der Waals surface area contributed by atoms with Crippen LogP contribution >= 0.6 is 11.6 Å². The van der Waals surface area contributed by atoms with E-state index >= 15 is 0 Å². The van der Waals surface area contributed by atoms with Gasteiger partial charge in [0.25, 0.3) is 0 Å². The van der Waals surface area contributed by atoms with Crippen molar-refractivity contribution in [2.45, 2.75) is 174 Å². The molecule has 2 aliphatic rings. The summed E-state index contributed by atoms with van der Waals surface area (Å²) in [6, 6.07) is -8.50. The van der Waals surface area contributed by atoms with Crippen molar-refractivity contribution in [2.24, 2.45) is 11.8 Å². The molecule has 0 radical (unpaired) electrons. The van der Waals surface area contributed by atoms with E-state index in [1.54, 1.807) is 34.6 Å². The van der Waals surface area contributed by atoms with Crippen molar-refractivity contribution < 1.29 is 68.3 Å². The van der Waals surface area contributed by atoms with Crippen LogP contribution in [0.3, 0.4) is 0 Å². The largest absolute Gasteiger partial charge is 0.506 e. The van der Waals surface area contributed by atoms with Gasteiger partial charge in [-0.25, -0.2) is 4.79 Å². The number of phenols is 1. The number of phenolic OH excluding ortho intramolecular Hbond substituents is 1. The van der Waals surface area contributed by atoms with Gasteiger partial charge >= 0.3 is 5.97 Å². The number of hydrogen-bond donors (Lipinski definition) is 11. The number of hydrogen-bond acceptors (Lipinski definition) is 14. The van der Waals surface area contributed by atoms with Crippen LogP contribution in [-0.2, 0) is 54.3 Å². The zero-order valence-electron chi connectivity index (χ0n) is 39.3. The van der Waals surface area contributed by atoms with Crippen molar-refractivity contribution in [2.75, 3.05) is 0 Å². The number of nitrogens with zero attached hydrogens (tertiary/aromatic N) is 1. The molecule has 22 nitrogen and oxygen atoms in total. The molecule has 11 N–H and O–H groups in total. The maximum absolute atomic E-state index is 14.4. The summed E-state index contributed by atoms with van der Waals surface area (Å²) in [4.78, 5) is 125. The number of aliphatic hydroxyl groups excluding tert-OH is 3. The van der Waals surface area contributed by atoms with E-state index in [-0.39, 0.29) is 48.8 Å². The van der Waals surface area contributed by atoms with Crippen molar-refractivity contribution in [1.82, 2.24) is 42.1 Å². The molecular weight excluding hydrogens is 900 g/mol. The molecular formula is C44H67ClN8O14. The number of rotatable bonds is 14. The second-order valence-electron chi connectivity index (χ2n) is 17.9. The molecule has 0 aliphatic carbocycles. The number of carbonyl (C=O) groups excluding carboxylic acids is 9. The first-order valence-electron chi connectivity index (χ1n) is 22.4. The minimum absolute atomic E-state index is 0.0402. The molecule has 0 aromatic heterocycles. The molecule has 1 aromatic rings. The Morgan fingerprint density at radius 3 is 2.04 bits per heavy atom. The lowest BCUT2D eigenvalue weighted by atomic mass is 9.96. The fourth-order valence-electron chi connectivity index (χ4n) is 7.56. The Bertz CT molecular complexity index is 1980. The van der Waals surface area contributed by atoms with E-state index in [1.807, 2.05) is 0 Å². The molecule has 2 bridgehead atoms. The van der Waals surface area contributed by atoms with Gasteiger partial charge in [0.05, 0.1) is 17.2 Å². The zero-order valence-corrected chi connectivity index (χ0v) is 40.0. The van der Waals surface area contributed by atoms with Crippen molar-refractivity contribution in [3.05, 3.63) is 28.8 Å². The summed E-state index contributed by atoms with van der Waals surface area (Å²) >= 11 is 6.15. The molecule has 3 rings (SSSR count). The van der Waals surface area contributed by atoms with Crippen molar-refractivity contribution in [3.63, 3.8) is 0 Å². The molecule has 8 amide bonds. The number of nitrogens with one attached hydrogen (secondary N) is 7. The summed E-state index contributed by atoms with van der Waals surface area (Å²) in [5.41, 5.74) is 0.312. The van der Waals surface area contributed by atoms with Crippen LogP contribution in [0.1, 0.15) is 100.0 Å². The van der Waals surface area contributed by atoms with Gasteiger partial charge in [-0.05, 0) is 82.9 Å². The molecule has 1 unspecified atom stereocenters. The highest BCUT2D eigenvalue weighted by molar-refractivity contribution is 6.32. The Morgan fingerprint density at radius 2 is 1.48 bits per heavy atom. The summed E-state index contributed by atoms with van der Waals surface area (Å²) in [6.07, 6.45) is -6.56. The number of ether oxygens (including phenoxy) is 1. The molecule has 67 heavy (non-hydrogen) atoms. The summed E-state index contributed by atoms with van der Waals surface area (Å²) in [5, 5.41) is 60.2. The number of aliphatic hydroxyl groups is 3. The molecule has 1 aromatic carbocycles. The van der Waals surface area contributed by atoms with Crippen molar-refractivity contribution >= 4 is 64.8 Å². The number of halogens is 1. The van der Waals surface area contributed by atoms with Crippen LogP contribution in [0.15, 0.2) is 18.2 Å². The quantitative estimate of drug-likeness (QED) is 0.0949. The van der Waals surface area contributed by atoms with Gasteiger partial charge in [0, 0.05) is 12.8 Å². The summed E-state index contributed by atoms with van der Waals surface area (Å²) in [6.45, 7) is 13.3. The third kappa shape index (κ3) is 15.5. The molecule has 0 saturated carbocycles. The van der Waals surface area contributed by atoms with E-state index in [9.17, 15) is 63.6 Å². The van der Waals surface area contributed by atoms with Crippen LogP contribution < -0.4 is 37.2 Å². The molecule has 2 fully saturated rings. The van der Waals surface area contributed by atoms with E-state index in [0.29, 0.717) is 16.9 Å². The van der Waals surface area contributed by atoms with Crippen molar-refractivity contribution in [3.8, 4) is 5.75 Å². The van der Waals surface area contributed by atoms with Crippen LogP contribution in [0.4, 0.5) is 0 Å². The smallest absolute Gasteiger partial charge is 0.329 e. The summed E-state index contributed by atoms with van der Waals surface area (Å²) in [7, 11) is 0. The maximum Gasteiger partial charge on any atom is 0.329 e. The summed E-state index contributed by atoms with van der Waals surface area (Å²) < 4.78 is 5.75. The van der Waals surface area contributed by atoms with E-state index in [2.05, 4.69) is 37.2 Å². The molecule has 2 heterocycles. The fraction of sp³-hybridized carbons (Fsp3) is 0.659. The number of esters is 1. The predicted molar refractivity (Wildman–Crippen MR) is 240 cm³/mol. The molecule has 23 heteroatoms. The number of aromatic hydroxyl groups is 1. The van der Waals surface area contributed by atoms with Gasteiger partial charge in [0.15, 0.2) is 0 Å². The van der Waals surface area contributed by atoms with Crippen LogP contribution in [-0.4, -0.2) is 151 Å².